The van der Waals surface area contributed by atoms with Crippen LogP contribution in [-0.4, -0.2) is 42.4 Å². The van der Waals surface area contributed by atoms with Gasteiger partial charge in [-0.1, -0.05) is 0 Å². The van der Waals surface area contributed by atoms with Crippen LogP contribution in [0.3, 0.4) is 0 Å². The topological polar surface area (TPSA) is 70.7 Å². The second kappa shape index (κ2) is 4.83. The third kappa shape index (κ3) is 3.24. The Balaban J connectivity index is 2.61. The van der Waals surface area contributed by atoms with E-state index < -0.39 is 0 Å². The highest BCUT2D eigenvalue weighted by Crippen LogP contribution is 1.97. The molecule has 80 valence electrons. The van der Waals surface area contributed by atoms with Gasteiger partial charge in [0.15, 0.2) is 5.96 Å². The van der Waals surface area contributed by atoms with E-state index in [1.54, 1.807) is 0 Å². The van der Waals surface area contributed by atoms with Crippen LogP contribution < -0.4 is 11.1 Å². The molecule has 1 rings (SSSR count). The summed E-state index contributed by atoms with van der Waals surface area (Å²) in [6, 6.07) is 0.168. The maximum atomic E-state index is 11.2. The van der Waals surface area contributed by atoms with E-state index in [2.05, 4.69) is 10.3 Å². The van der Waals surface area contributed by atoms with Gasteiger partial charge in [0.05, 0.1) is 6.54 Å². The van der Waals surface area contributed by atoms with Crippen molar-refractivity contribution >= 4 is 11.9 Å². The highest BCUT2D eigenvalue weighted by molar-refractivity contribution is 5.86. The van der Waals surface area contributed by atoms with Gasteiger partial charge in [-0.2, -0.15) is 0 Å². The van der Waals surface area contributed by atoms with E-state index in [1.807, 2.05) is 18.7 Å². The van der Waals surface area contributed by atoms with Gasteiger partial charge in [0.2, 0.25) is 5.91 Å². The van der Waals surface area contributed by atoms with Crippen molar-refractivity contribution in [3.8, 4) is 0 Å². The summed E-state index contributed by atoms with van der Waals surface area (Å²) in [6.45, 7) is 5.77. The van der Waals surface area contributed by atoms with Gasteiger partial charge in [-0.3, -0.25) is 9.79 Å². The molecule has 0 spiro atoms. The maximum Gasteiger partial charge on any atom is 0.239 e. The van der Waals surface area contributed by atoms with Crippen LogP contribution in [0.1, 0.15) is 20.3 Å². The Bertz CT molecular complexity index is 237. The lowest BCUT2D eigenvalue weighted by atomic mass is 10.4. The van der Waals surface area contributed by atoms with Crippen LogP contribution in [0.25, 0.3) is 0 Å². The summed E-state index contributed by atoms with van der Waals surface area (Å²) in [5.74, 6) is 0.487. The van der Waals surface area contributed by atoms with E-state index in [0.717, 1.165) is 19.5 Å². The highest BCUT2D eigenvalue weighted by Gasteiger charge is 2.15. The minimum absolute atomic E-state index is 0.0180. The standard InChI is InChI=1S/C9H18N4O/c1-7(2)12-9(10)13-5-3-4-11-8(14)6-13/h7H,3-6H2,1-2H3,(H2,10,12)(H,11,14). The van der Waals surface area contributed by atoms with Crippen LogP contribution in [0, 0.1) is 0 Å². The molecule has 0 bridgehead atoms. The smallest absolute Gasteiger partial charge is 0.239 e. The molecule has 5 nitrogen and oxygen atoms in total. The molecule has 1 fully saturated rings. The van der Waals surface area contributed by atoms with Crippen LogP contribution in [0.15, 0.2) is 4.99 Å². The van der Waals surface area contributed by atoms with Crippen molar-refractivity contribution in [3.05, 3.63) is 0 Å². The molecule has 0 radical (unpaired) electrons. The molecule has 0 aromatic rings. The van der Waals surface area contributed by atoms with Crippen LogP contribution >= 0.6 is 0 Å². The molecule has 1 aliphatic rings. The number of amides is 1. The predicted octanol–water partition coefficient (Wildman–Crippen LogP) is -0.469. The maximum absolute atomic E-state index is 11.2. The number of hydrogen-bond donors (Lipinski definition) is 2. The van der Waals surface area contributed by atoms with Gasteiger partial charge in [0.25, 0.3) is 0 Å². The van der Waals surface area contributed by atoms with E-state index in [-0.39, 0.29) is 11.9 Å². The summed E-state index contributed by atoms with van der Waals surface area (Å²) in [6.07, 6.45) is 0.917. The average Bonchev–Trinajstić information content (AvgIpc) is 2.28. The second-order valence-corrected chi connectivity index (χ2v) is 3.71. The van der Waals surface area contributed by atoms with Gasteiger partial charge in [-0.25, -0.2) is 0 Å². The van der Waals surface area contributed by atoms with Gasteiger partial charge >= 0.3 is 0 Å². The van der Waals surface area contributed by atoms with Crippen LogP contribution in [0.2, 0.25) is 0 Å². The summed E-state index contributed by atoms with van der Waals surface area (Å²) in [5, 5.41) is 2.79. The largest absolute Gasteiger partial charge is 0.370 e. The lowest BCUT2D eigenvalue weighted by Gasteiger charge is -2.20. The molecule has 1 saturated heterocycles. The third-order valence-corrected chi connectivity index (χ3v) is 1.98. The number of carbonyl (C=O) groups excluding carboxylic acids is 1. The van der Waals surface area contributed by atoms with Gasteiger partial charge in [-0.15, -0.1) is 0 Å². The first-order valence-electron chi connectivity index (χ1n) is 4.94. The summed E-state index contributed by atoms with van der Waals surface area (Å²) in [4.78, 5) is 17.3. The molecular formula is C9H18N4O. The molecule has 0 aromatic carbocycles. The number of guanidine groups is 1. The molecule has 1 aliphatic heterocycles. The molecule has 0 aliphatic carbocycles. The fourth-order valence-corrected chi connectivity index (χ4v) is 1.35. The van der Waals surface area contributed by atoms with Crippen LogP contribution in [0.5, 0.6) is 0 Å². The Morgan fingerprint density at radius 3 is 3.00 bits per heavy atom. The van der Waals surface area contributed by atoms with Gasteiger partial charge in [0, 0.05) is 19.1 Å². The molecule has 0 atom stereocenters. The minimum Gasteiger partial charge on any atom is -0.370 e. The first-order chi connectivity index (χ1) is 6.59. The molecule has 0 unspecified atom stereocenters. The molecule has 1 amide bonds. The van der Waals surface area contributed by atoms with Crippen molar-refractivity contribution in [3.63, 3.8) is 0 Å². The number of nitrogens with zero attached hydrogens (tertiary/aromatic N) is 2. The number of aliphatic imine (C=N–C) groups is 1. The first kappa shape index (κ1) is 10.8. The van der Waals surface area contributed by atoms with Gasteiger partial charge < -0.3 is 16.0 Å². The zero-order valence-corrected chi connectivity index (χ0v) is 8.79. The fraction of sp³-hybridized carbons (Fsp3) is 0.778. The Kier molecular flexibility index (Phi) is 3.73. The van der Waals surface area contributed by atoms with Crippen molar-refractivity contribution in [2.75, 3.05) is 19.6 Å². The Morgan fingerprint density at radius 1 is 1.64 bits per heavy atom. The van der Waals surface area contributed by atoms with E-state index in [4.69, 9.17) is 5.73 Å². The molecular weight excluding hydrogens is 180 g/mol. The third-order valence-electron chi connectivity index (χ3n) is 1.98. The summed E-state index contributed by atoms with van der Waals surface area (Å²) >= 11 is 0. The number of carbonyl (C=O) groups is 1. The zero-order chi connectivity index (χ0) is 10.6. The monoisotopic (exact) mass is 198 g/mol. The van der Waals surface area contributed by atoms with Gasteiger partial charge in [0.1, 0.15) is 0 Å². The highest BCUT2D eigenvalue weighted by atomic mass is 16.2. The average molecular weight is 198 g/mol. The minimum atomic E-state index is 0.0180. The Morgan fingerprint density at radius 2 is 2.36 bits per heavy atom. The Labute approximate surface area is 84.4 Å². The van der Waals surface area contributed by atoms with Crippen LogP contribution in [0.4, 0.5) is 0 Å². The molecule has 14 heavy (non-hydrogen) atoms. The summed E-state index contributed by atoms with van der Waals surface area (Å²) in [5.41, 5.74) is 5.78. The van der Waals surface area contributed by atoms with Crippen molar-refractivity contribution < 1.29 is 4.79 Å². The summed E-state index contributed by atoms with van der Waals surface area (Å²) in [7, 11) is 0. The predicted molar refractivity (Wildman–Crippen MR) is 56.0 cm³/mol. The van der Waals surface area contributed by atoms with Crippen LogP contribution in [-0.2, 0) is 4.79 Å². The zero-order valence-electron chi connectivity index (χ0n) is 8.79. The number of nitrogens with one attached hydrogen (secondary N) is 1. The van der Waals surface area contributed by atoms with E-state index in [9.17, 15) is 4.79 Å². The van der Waals surface area contributed by atoms with Crippen molar-refractivity contribution in [2.45, 2.75) is 26.3 Å². The number of nitrogens with two attached hydrogens (primary N) is 1. The second-order valence-electron chi connectivity index (χ2n) is 3.71. The molecule has 1 heterocycles. The Hall–Kier alpha value is -1.26. The van der Waals surface area contributed by atoms with Crippen molar-refractivity contribution in [2.24, 2.45) is 10.7 Å². The van der Waals surface area contributed by atoms with E-state index >= 15 is 0 Å². The van der Waals surface area contributed by atoms with E-state index in [0.29, 0.717) is 12.5 Å². The molecule has 0 saturated carbocycles. The van der Waals surface area contributed by atoms with Gasteiger partial charge in [-0.05, 0) is 20.3 Å². The molecule has 3 N–H and O–H groups in total. The van der Waals surface area contributed by atoms with Crippen molar-refractivity contribution in [1.82, 2.24) is 10.2 Å². The van der Waals surface area contributed by atoms with E-state index in [1.165, 1.54) is 0 Å². The molecule has 0 aromatic heterocycles. The lowest BCUT2D eigenvalue weighted by Crippen LogP contribution is -2.42. The van der Waals surface area contributed by atoms with Crippen molar-refractivity contribution in [1.29, 1.82) is 0 Å². The fourth-order valence-electron chi connectivity index (χ4n) is 1.35. The SMILES string of the molecule is CC(C)N=C(N)N1CCCNC(=O)C1. The molecule has 5 heteroatoms. The first-order valence-corrected chi connectivity index (χ1v) is 4.94. The normalized spacial score (nSPS) is 19.5. The number of hydrogen-bond acceptors (Lipinski definition) is 2. The lowest BCUT2D eigenvalue weighted by molar-refractivity contribution is -0.120. The number of rotatable bonds is 1. The summed E-state index contributed by atoms with van der Waals surface area (Å²) < 4.78 is 0. The quantitative estimate of drug-likeness (QED) is 0.442.